The van der Waals surface area contributed by atoms with E-state index in [0.717, 1.165) is 30.1 Å². The fourth-order valence-corrected chi connectivity index (χ4v) is 3.19. The quantitative estimate of drug-likeness (QED) is 0.678. The molecule has 0 fully saturated rings. The predicted molar refractivity (Wildman–Crippen MR) is 98.9 cm³/mol. The lowest BCUT2D eigenvalue weighted by Crippen LogP contribution is -2.18. The minimum atomic E-state index is 0.575. The molecule has 3 rings (SSSR count). The maximum Gasteiger partial charge on any atom is 0.141 e. The topological polar surface area (TPSA) is 46.5 Å². The molecule has 5 heteroatoms. The molecule has 0 spiro atoms. The highest BCUT2D eigenvalue weighted by molar-refractivity contribution is 7.12. The minimum absolute atomic E-state index is 0.575. The molecule has 120 valence electrons. The maximum absolute atomic E-state index is 6.13. The zero-order valence-corrected chi connectivity index (χ0v) is 14.4. The molecule has 0 aromatic carbocycles. The third-order valence-corrected chi connectivity index (χ3v) is 4.71. The Hall–Kier alpha value is -2.11. The Bertz CT molecular complexity index is 748. The van der Waals surface area contributed by atoms with Gasteiger partial charge in [-0.25, -0.2) is 4.99 Å². The number of hydrogen-bond acceptors (Lipinski definition) is 3. The smallest absolute Gasteiger partial charge is 0.141 e. The standard InChI is InChI=1S/C18H22N4S/c1-21(2)10-11-22-9-8-14-5-3-6-15(13-16(14)22)20-18(19)17-7-4-12-23-17/h3-4,6-9,12-13H,5,10-11H2,1-2H3,(H2,19,20). The number of nitrogens with two attached hydrogens (primary N) is 1. The Kier molecular flexibility index (Phi) is 4.79. The number of allylic oxidation sites excluding steroid dienone is 2. The maximum atomic E-state index is 6.13. The van der Waals surface area contributed by atoms with Crippen LogP contribution in [0.5, 0.6) is 0 Å². The lowest BCUT2D eigenvalue weighted by atomic mass is 10.2. The van der Waals surface area contributed by atoms with E-state index in [0.29, 0.717) is 5.84 Å². The summed E-state index contributed by atoms with van der Waals surface area (Å²) in [5.41, 5.74) is 9.59. The SMILES string of the molecule is CN(C)CCn1ccc2c1C=C(N=C(N)c1cccs1)C=CC2. The molecule has 2 N–H and O–H groups in total. The van der Waals surface area contributed by atoms with E-state index in [1.807, 2.05) is 17.5 Å². The number of thiophene rings is 1. The van der Waals surface area contributed by atoms with Crippen LogP contribution in [0.1, 0.15) is 16.1 Å². The Balaban J connectivity index is 1.89. The van der Waals surface area contributed by atoms with Gasteiger partial charge in [0.05, 0.1) is 10.6 Å². The minimum Gasteiger partial charge on any atom is -0.383 e. The number of rotatable bonds is 5. The van der Waals surface area contributed by atoms with Crippen molar-refractivity contribution in [2.75, 3.05) is 20.6 Å². The van der Waals surface area contributed by atoms with Crippen LogP contribution in [0.25, 0.3) is 6.08 Å². The second-order valence-corrected chi connectivity index (χ2v) is 6.82. The van der Waals surface area contributed by atoms with E-state index < -0.39 is 0 Å². The van der Waals surface area contributed by atoms with Crippen LogP contribution in [0.3, 0.4) is 0 Å². The summed E-state index contributed by atoms with van der Waals surface area (Å²) in [7, 11) is 4.19. The number of amidine groups is 1. The summed E-state index contributed by atoms with van der Waals surface area (Å²) in [6, 6.07) is 6.18. The van der Waals surface area contributed by atoms with Crippen molar-refractivity contribution in [3.63, 3.8) is 0 Å². The summed E-state index contributed by atoms with van der Waals surface area (Å²) in [6.45, 7) is 1.98. The van der Waals surface area contributed by atoms with Crippen LogP contribution < -0.4 is 5.73 Å². The van der Waals surface area contributed by atoms with Gasteiger partial charge in [-0.3, -0.25) is 0 Å². The Morgan fingerprint density at radius 3 is 3.00 bits per heavy atom. The van der Waals surface area contributed by atoms with Gasteiger partial charge in [-0.1, -0.05) is 12.1 Å². The van der Waals surface area contributed by atoms with Gasteiger partial charge < -0.3 is 15.2 Å². The van der Waals surface area contributed by atoms with Gasteiger partial charge in [0.1, 0.15) is 5.84 Å². The van der Waals surface area contributed by atoms with Gasteiger partial charge in [-0.15, -0.1) is 11.3 Å². The van der Waals surface area contributed by atoms with E-state index in [9.17, 15) is 0 Å². The molecule has 0 bridgehead atoms. The Morgan fingerprint density at radius 2 is 2.26 bits per heavy atom. The van der Waals surface area contributed by atoms with Crippen LogP contribution in [0, 0.1) is 0 Å². The third-order valence-electron chi connectivity index (χ3n) is 3.82. The fraction of sp³-hybridized carbons (Fsp3) is 0.278. The Morgan fingerprint density at radius 1 is 1.39 bits per heavy atom. The van der Waals surface area contributed by atoms with Crippen molar-refractivity contribution < 1.29 is 0 Å². The molecular weight excluding hydrogens is 304 g/mol. The lowest BCUT2D eigenvalue weighted by molar-refractivity contribution is 0.383. The summed E-state index contributed by atoms with van der Waals surface area (Å²) in [4.78, 5) is 7.81. The largest absolute Gasteiger partial charge is 0.383 e. The van der Waals surface area contributed by atoms with Crippen LogP contribution in [-0.4, -0.2) is 35.9 Å². The summed E-state index contributed by atoms with van der Waals surface area (Å²) in [5, 5.41) is 2.01. The van der Waals surface area contributed by atoms with Gasteiger partial charge >= 0.3 is 0 Å². The first-order chi connectivity index (χ1) is 11.1. The molecule has 0 saturated carbocycles. The number of fused-ring (bicyclic) bond motifs is 1. The normalized spacial score (nSPS) is 14.7. The first-order valence-electron chi connectivity index (χ1n) is 7.72. The zero-order chi connectivity index (χ0) is 16.2. The molecule has 2 aromatic rings. The summed E-state index contributed by atoms with van der Waals surface area (Å²) in [5.74, 6) is 0.575. The van der Waals surface area contributed by atoms with Gasteiger partial charge in [-0.2, -0.15) is 0 Å². The van der Waals surface area contributed by atoms with Crippen LogP contribution in [-0.2, 0) is 13.0 Å². The van der Waals surface area contributed by atoms with E-state index in [1.54, 1.807) is 11.3 Å². The fourth-order valence-electron chi connectivity index (χ4n) is 2.56. The van der Waals surface area contributed by atoms with Gasteiger partial charge in [0.2, 0.25) is 0 Å². The van der Waals surface area contributed by atoms with Crippen LogP contribution in [0.2, 0.25) is 0 Å². The molecule has 0 unspecified atom stereocenters. The van der Waals surface area contributed by atoms with Crippen molar-refractivity contribution in [1.82, 2.24) is 9.47 Å². The highest BCUT2D eigenvalue weighted by Crippen LogP contribution is 2.21. The second-order valence-electron chi connectivity index (χ2n) is 5.87. The van der Waals surface area contributed by atoms with Crippen molar-refractivity contribution in [3.8, 4) is 0 Å². The number of nitrogens with zero attached hydrogens (tertiary/aromatic N) is 3. The molecule has 0 amide bonds. The monoisotopic (exact) mass is 326 g/mol. The van der Waals surface area contributed by atoms with Crippen LogP contribution in [0.15, 0.2) is 52.6 Å². The van der Waals surface area contributed by atoms with Crippen molar-refractivity contribution >= 4 is 23.2 Å². The Labute approximate surface area is 141 Å². The van der Waals surface area contributed by atoms with Crippen LogP contribution in [0.4, 0.5) is 0 Å². The molecule has 0 saturated heterocycles. The molecule has 0 radical (unpaired) electrons. The lowest BCUT2D eigenvalue weighted by Gasteiger charge is -2.12. The van der Waals surface area contributed by atoms with Gasteiger partial charge in [0.25, 0.3) is 0 Å². The summed E-state index contributed by atoms with van der Waals surface area (Å²) < 4.78 is 2.29. The van der Waals surface area contributed by atoms with Crippen molar-refractivity contribution in [2.45, 2.75) is 13.0 Å². The van der Waals surface area contributed by atoms with Gasteiger partial charge in [-0.05, 0) is 55.7 Å². The highest BCUT2D eigenvalue weighted by Gasteiger charge is 2.10. The number of likely N-dealkylation sites (N-methyl/N-ethyl adjacent to an activating group) is 1. The summed E-state index contributed by atoms with van der Waals surface area (Å²) in [6.07, 6.45) is 9.43. The first kappa shape index (κ1) is 15.8. The van der Waals surface area contributed by atoms with Gasteiger partial charge in [0, 0.05) is 25.0 Å². The van der Waals surface area contributed by atoms with E-state index in [1.165, 1.54) is 11.3 Å². The molecular formula is C18H22N4S. The molecule has 0 atom stereocenters. The van der Waals surface area contributed by atoms with E-state index in [4.69, 9.17) is 5.73 Å². The van der Waals surface area contributed by atoms with Crippen molar-refractivity contribution in [1.29, 1.82) is 0 Å². The molecule has 1 aliphatic carbocycles. The van der Waals surface area contributed by atoms with E-state index >= 15 is 0 Å². The number of hydrogen-bond donors (Lipinski definition) is 1. The number of aromatic nitrogens is 1. The van der Waals surface area contributed by atoms with E-state index in [2.05, 4.69) is 59.0 Å². The predicted octanol–water partition coefficient (Wildman–Crippen LogP) is 2.97. The zero-order valence-electron chi connectivity index (χ0n) is 13.6. The first-order valence-corrected chi connectivity index (χ1v) is 8.60. The van der Waals surface area contributed by atoms with Crippen molar-refractivity contribution in [2.24, 2.45) is 10.7 Å². The molecule has 0 aliphatic heterocycles. The highest BCUT2D eigenvalue weighted by atomic mass is 32.1. The molecule has 2 heterocycles. The molecule has 2 aromatic heterocycles. The number of aliphatic imine (C=N–C) groups is 1. The van der Waals surface area contributed by atoms with Crippen LogP contribution >= 0.6 is 11.3 Å². The molecule has 4 nitrogen and oxygen atoms in total. The van der Waals surface area contributed by atoms with Gasteiger partial charge in [0.15, 0.2) is 0 Å². The molecule has 1 aliphatic rings. The second kappa shape index (κ2) is 6.98. The third kappa shape index (κ3) is 3.81. The summed E-state index contributed by atoms with van der Waals surface area (Å²) >= 11 is 1.61. The average Bonchev–Trinajstić information content (AvgIpc) is 3.12. The molecule has 23 heavy (non-hydrogen) atoms. The van der Waals surface area contributed by atoms with Crippen molar-refractivity contribution in [3.05, 3.63) is 63.8 Å². The average molecular weight is 326 g/mol. The van der Waals surface area contributed by atoms with E-state index in [-0.39, 0.29) is 0 Å².